The monoisotopic (exact) mass is 875 g/mol. The van der Waals surface area contributed by atoms with Gasteiger partial charge in [-0.15, -0.1) is 0 Å². The number of fused-ring (bicyclic) bond motifs is 1. The van der Waals surface area contributed by atoms with E-state index in [4.69, 9.17) is 35.3 Å². The van der Waals surface area contributed by atoms with Gasteiger partial charge in [-0.05, 0) is 85.7 Å². The minimum atomic E-state index is -0.497. The smallest absolute Gasteiger partial charge is 0.237 e. The normalized spacial score (nSPS) is 14.0. The number of amides is 1. The molecule has 1 aliphatic rings. The van der Waals surface area contributed by atoms with E-state index in [2.05, 4.69) is 74.9 Å². The van der Waals surface area contributed by atoms with Crippen LogP contribution in [-0.4, -0.2) is 67.8 Å². The van der Waals surface area contributed by atoms with E-state index in [-0.39, 0.29) is 17.0 Å². The maximum absolute atomic E-state index is 13.7. The number of methoxy groups -OCH3 is 3. The maximum atomic E-state index is 13.7. The number of aromatic nitrogens is 2. The average Bonchev–Trinajstić information content (AvgIpc) is 3.31. The van der Waals surface area contributed by atoms with E-state index in [1.54, 1.807) is 33.5 Å². The summed E-state index contributed by atoms with van der Waals surface area (Å²) in [4.78, 5) is 24.6. The fourth-order valence-corrected chi connectivity index (χ4v) is 8.23. The molecule has 0 aliphatic carbocycles. The lowest BCUT2D eigenvalue weighted by atomic mass is 9.97. The zero-order chi connectivity index (χ0) is 44.1. The molecule has 1 unspecified atom stereocenters. The van der Waals surface area contributed by atoms with Gasteiger partial charge in [0.05, 0.1) is 50.1 Å². The maximum Gasteiger partial charge on any atom is 0.237 e. The predicted octanol–water partition coefficient (Wildman–Crippen LogP) is 10.9. The van der Waals surface area contributed by atoms with Crippen molar-refractivity contribution in [1.29, 1.82) is 0 Å². The van der Waals surface area contributed by atoms with Crippen molar-refractivity contribution >= 4 is 39.9 Å². The Kier molecular flexibility index (Phi) is 15.5. The molecule has 6 aromatic rings. The lowest BCUT2D eigenvalue weighted by Crippen LogP contribution is -2.49. The lowest BCUT2D eigenvalue weighted by molar-refractivity contribution is -0.127. The van der Waals surface area contributed by atoms with Crippen LogP contribution < -0.4 is 34.3 Å². The zero-order valence-corrected chi connectivity index (χ0v) is 37.1. The third-order valence-electron chi connectivity index (χ3n) is 11.5. The van der Waals surface area contributed by atoms with Crippen molar-refractivity contribution in [1.82, 2.24) is 20.2 Å². The molecule has 7 rings (SSSR count). The molecule has 1 saturated heterocycles. The van der Waals surface area contributed by atoms with Crippen LogP contribution in [0.25, 0.3) is 22.0 Å². The molecule has 2 heterocycles. The van der Waals surface area contributed by atoms with Crippen LogP contribution in [0.3, 0.4) is 0 Å². The first kappa shape index (κ1) is 44.9. The molecule has 1 atom stereocenters. The summed E-state index contributed by atoms with van der Waals surface area (Å²) >= 11 is 5.99. The Morgan fingerprint density at radius 2 is 1.60 bits per heavy atom. The summed E-state index contributed by atoms with van der Waals surface area (Å²) in [5.74, 6) is 3.19. The number of hydrogen-bond acceptors (Lipinski definition) is 10. The van der Waals surface area contributed by atoms with Crippen LogP contribution in [0.1, 0.15) is 61.6 Å². The largest absolute Gasteiger partial charge is 0.496 e. The highest BCUT2D eigenvalue weighted by atomic mass is 35.5. The van der Waals surface area contributed by atoms with Gasteiger partial charge in [-0.2, -0.15) is 0 Å². The molecule has 1 amide bonds. The molecular weight excluding hydrogens is 821 g/mol. The summed E-state index contributed by atoms with van der Waals surface area (Å²) in [5, 5.41) is 7.13. The van der Waals surface area contributed by atoms with Gasteiger partial charge in [-0.25, -0.2) is 14.4 Å². The molecule has 13 heteroatoms. The molecule has 0 spiro atoms. The van der Waals surface area contributed by atoms with Gasteiger partial charge in [0.15, 0.2) is 11.5 Å². The summed E-state index contributed by atoms with van der Waals surface area (Å²) in [6.45, 7) is 4.92. The highest BCUT2D eigenvalue weighted by Gasteiger charge is 2.30. The van der Waals surface area contributed by atoms with Crippen LogP contribution >= 0.6 is 11.6 Å². The number of piperidine rings is 1. The second-order valence-corrected chi connectivity index (χ2v) is 16.0. The number of halogens is 2. The molecule has 0 saturated carbocycles. The van der Waals surface area contributed by atoms with Crippen molar-refractivity contribution < 1.29 is 32.9 Å². The number of benzene rings is 5. The van der Waals surface area contributed by atoms with Gasteiger partial charge in [-0.1, -0.05) is 79.4 Å². The topological polar surface area (TPSA) is 116 Å². The number of ether oxygens (including phenoxy) is 5. The SMILES string of the molecule is COc1cc2ncnc(Nc3ccc(F)c(Cl)c3)c2cc1OCCCCCCNC(=O)C1CCCCN1Cc1c(OC)cc(OCc2cccc(-c3ccccc3)c2C)cc1OC. The summed E-state index contributed by atoms with van der Waals surface area (Å²) in [5.41, 5.74) is 6.78. The van der Waals surface area contributed by atoms with Crippen molar-refractivity contribution in [2.45, 2.75) is 71.1 Å². The third-order valence-corrected chi connectivity index (χ3v) is 11.8. The van der Waals surface area contributed by atoms with Gasteiger partial charge >= 0.3 is 0 Å². The second kappa shape index (κ2) is 21.8. The Balaban J connectivity index is 0.885. The first-order valence-electron chi connectivity index (χ1n) is 21.5. The average molecular weight is 876 g/mol. The van der Waals surface area contributed by atoms with E-state index >= 15 is 0 Å². The van der Waals surface area contributed by atoms with E-state index in [1.807, 2.05) is 24.3 Å². The summed E-state index contributed by atoms with van der Waals surface area (Å²) in [7, 11) is 4.90. The number of carbonyl (C=O) groups is 1. The Hall–Kier alpha value is -6.11. The van der Waals surface area contributed by atoms with Crippen molar-refractivity contribution in [3.8, 4) is 39.9 Å². The molecule has 330 valence electrons. The highest BCUT2D eigenvalue weighted by Crippen LogP contribution is 2.38. The van der Waals surface area contributed by atoms with Gasteiger partial charge in [0, 0.05) is 42.4 Å². The van der Waals surface area contributed by atoms with E-state index < -0.39 is 5.82 Å². The van der Waals surface area contributed by atoms with Crippen LogP contribution in [0, 0.1) is 12.7 Å². The van der Waals surface area contributed by atoms with Gasteiger partial charge in [0.2, 0.25) is 5.91 Å². The van der Waals surface area contributed by atoms with Gasteiger partial charge in [0.25, 0.3) is 0 Å². The summed E-state index contributed by atoms with van der Waals surface area (Å²) in [6.07, 6.45) is 7.80. The zero-order valence-electron chi connectivity index (χ0n) is 36.3. The number of unbranched alkanes of at least 4 members (excludes halogenated alkanes) is 3. The highest BCUT2D eigenvalue weighted by molar-refractivity contribution is 6.31. The van der Waals surface area contributed by atoms with Crippen molar-refractivity contribution in [2.75, 3.05) is 46.3 Å². The molecule has 11 nitrogen and oxygen atoms in total. The Morgan fingerprint density at radius 3 is 2.37 bits per heavy atom. The van der Waals surface area contributed by atoms with Gasteiger partial charge < -0.3 is 34.3 Å². The molecule has 1 aliphatic heterocycles. The van der Waals surface area contributed by atoms with E-state index in [9.17, 15) is 9.18 Å². The van der Waals surface area contributed by atoms with E-state index in [0.29, 0.717) is 72.1 Å². The molecule has 5 aromatic carbocycles. The van der Waals surface area contributed by atoms with Gasteiger partial charge in [0.1, 0.15) is 41.8 Å². The first-order chi connectivity index (χ1) is 30.8. The number of carbonyl (C=O) groups excluding carboxylic acids is 1. The number of rotatable bonds is 20. The fraction of sp³-hybridized carbons (Fsp3) is 0.340. The Bertz CT molecular complexity index is 2470. The molecular formula is C50H55ClFN5O6. The standard InChI is InChI=1S/C50H55ClFN5O6/c1-33-35(17-14-18-38(33)34-15-8-7-9-16-34)31-63-37-26-45(59-2)40(46(27-37)60-3)30-57-23-12-10-19-44(57)50(58)53-22-11-5-6-13-24-62-48-28-39-43(29-47(48)61-4)54-32-55-49(39)56-36-20-21-42(52)41(51)25-36/h7-9,14-18,20-21,25-29,32,44H,5-6,10-13,19,22-24,30-31H2,1-4H3,(H,53,58)(H,54,55,56). The molecule has 63 heavy (non-hydrogen) atoms. The van der Waals surface area contributed by atoms with Crippen LogP contribution in [0.15, 0.2) is 97.3 Å². The van der Waals surface area contributed by atoms with Crippen LogP contribution in [0.5, 0.6) is 28.7 Å². The van der Waals surface area contributed by atoms with E-state index in [0.717, 1.165) is 68.0 Å². The Labute approximate surface area is 373 Å². The number of anilines is 2. The molecule has 0 bridgehead atoms. The lowest BCUT2D eigenvalue weighted by Gasteiger charge is -2.35. The fourth-order valence-electron chi connectivity index (χ4n) is 8.05. The number of nitrogens with zero attached hydrogens (tertiary/aromatic N) is 3. The molecule has 2 N–H and O–H groups in total. The van der Waals surface area contributed by atoms with Gasteiger partial charge in [-0.3, -0.25) is 9.69 Å². The van der Waals surface area contributed by atoms with Crippen molar-refractivity contribution in [2.24, 2.45) is 0 Å². The Morgan fingerprint density at radius 1 is 0.825 bits per heavy atom. The van der Waals surface area contributed by atoms with Crippen LogP contribution in [-0.2, 0) is 17.9 Å². The number of nitrogens with one attached hydrogen (secondary N) is 2. The third kappa shape index (κ3) is 11.3. The summed E-state index contributed by atoms with van der Waals surface area (Å²) in [6, 6.07) is 28.3. The predicted molar refractivity (Wildman–Crippen MR) is 246 cm³/mol. The number of likely N-dealkylation sites (tertiary alicyclic amines) is 1. The van der Waals surface area contributed by atoms with Crippen molar-refractivity contribution in [3.05, 3.63) is 125 Å². The quantitative estimate of drug-likeness (QED) is 0.0718. The molecule has 1 fully saturated rings. The molecule has 1 aromatic heterocycles. The van der Waals surface area contributed by atoms with E-state index in [1.165, 1.54) is 35.2 Å². The van der Waals surface area contributed by atoms with Crippen LogP contribution in [0.4, 0.5) is 15.9 Å². The first-order valence-corrected chi connectivity index (χ1v) is 21.8. The second-order valence-electron chi connectivity index (χ2n) is 15.6. The summed E-state index contributed by atoms with van der Waals surface area (Å²) < 4.78 is 43.7. The van der Waals surface area contributed by atoms with Crippen LogP contribution in [0.2, 0.25) is 5.02 Å². The minimum Gasteiger partial charge on any atom is -0.496 e. The van der Waals surface area contributed by atoms with Crippen molar-refractivity contribution in [3.63, 3.8) is 0 Å². The number of hydrogen-bond donors (Lipinski definition) is 2. The minimum absolute atomic E-state index is 0.0121. The molecule has 0 radical (unpaired) electrons.